The number of benzene rings is 2. The van der Waals surface area contributed by atoms with Gasteiger partial charge in [-0.15, -0.1) is 0 Å². The second-order valence-corrected chi connectivity index (χ2v) is 7.59. The summed E-state index contributed by atoms with van der Waals surface area (Å²) < 4.78 is 11.1. The van der Waals surface area contributed by atoms with E-state index in [1.807, 2.05) is 30.3 Å². The normalized spacial score (nSPS) is 23.9. The quantitative estimate of drug-likeness (QED) is 0.735. The lowest BCUT2D eigenvalue weighted by molar-refractivity contribution is -0.170. The van der Waals surface area contributed by atoms with Crippen LogP contribution in [0.3, 0.4) is 0 Å². The van der Waals surface area contributed by atoms with E-state index in [0.717, 1.165) is 11.1 Å². The Bertz CT molecular complexity index is 918. The molecule has 0 bridgehead atoms. The standard InChI is InChI=1S/C23H24O6/c1-22(20(24)25)12-18(17-8-10-19(28-2)11-9-17)13-23(15-22,21(26)27)29-14-16-6-4-3-5-7-16/h3-11,13H,12,14-15H2,1-2H3,(H,24,25)(H,26,27). The summed E-state index contributed by atoms with van der Waals surface area (Å²) in [5.74, 6) is -1.59. The van der Waals surface area contributed by atoms with E-state index in [4.69, 9.17) is 9.47 Å². The largest absolute Gasteiger partial charge is 0.497 e. The van der Waals surface area contributed by atoms with Gasteiger partial charge in [0.2, 0.25) is 0 Å². The molecule has 152 valence electrons. The molecule has 2 N–H and O–H groups in total. The highest BCUT2D eigenvalue weighted by Crippen LogP contribution is 2.46. The Balaban J connectivity index is 2.03. The van der Waals surface area contributed by atoms with Crippen LogP contribution in [0, 0.1) is 5.41 Å². The maximum Gasteiger partial charge on any atom is 0.340 e. The molecular weight excluding hydrogens is 372 g/mol. The van der Waals surface area contributed by atoms with Crippen LogP contribution in [0.2, 0.25) is 0 Å². The molecule has 1 aliphatic rings. The Hall–Kier alpha value is -3.12. The maximum absolute atomic E-state index is 12.3. The van der Waals surface area contributed by atoms with Gasteiger partial charge in [0.05, 0.1) is 19.1 Å². The van der Waals surface area contributed by atoms with Crippen LogP contribution in [0.5, 0.6) is 5.75 Å². The number of methoxy groups -OCH3 is 1. The molecule has 2 aromatic rings. The van der Waals surface area contributed by atoms with E-state index in [9.17, 15) is 19.8 Å². The van der Waals surface area contributed by atoms with Crippen LogP contribution in [0.25, 0.3) is 5.57 Å². The van der Waals surface area contributed by atoms with Gasteiger partial charge >= 0.3 is 11.9 Å². The zero-order valence-electron chi connectivity index (χ0n) is 16.4. The van der Waals surface area contributed by atoms with Crippen LogP contribution >= 0.6 is 0 Å². The fraction of sp³-hybridized carbons (Fsp3) is 0.304. The molecule has 6 nitrogen and oxygen atoms in total. The van der Waals surface area contributed by atoms with Crippen molar-refractivity contribution in [1.82, 2.24) is 0 Å². The Morgan fingerprint density at radius 3 is 2.21 bits per heavy atom. The van der Waals surface area contributed by atoms with Crippen molar-refractivity contribution < 1.29 is 29.3 Å². The average molecular weight is 396 g/mol. The van der Waals surface area contributed by atoms with Crippen molar-refractivity contribution in [2.45, 2.75) is 32.0 Å². The summed E-state index contributed by atoms with van der Waals surface area (Å²) >= 11 is 0. The molecule has 2 unspecified atom stereocenters. The van der Waals surface area contributed by atoms with Crippen LogP contribution in [0.4, 0.5) is 0 Å². The second-order valence-electron chi connectivity index (χ2n) is 7.59. The van der Waals surface area contributed by atoms with E-state index in [-0.39, 0.29) is 19.4 Å². The third-order valence-corrected chi connectivity index (χ3v) is 5.32. The number of hydrogen-bond donors (Lipinski definition) is 2. The summed E-state index contributed by atoms with van der Waals surface area (Å²) in [6.07, 6.45) is 1.61. The summed E-state index contributed by atoms with van der Waals surface area (Å²) in [4.78, 5) is 24.3. The van der Waals surface area contributed by atoms with Crippen molar-refractivity contribution in [2.24, 2.45) is 5.41 Å². The Morgan fingerprint density at radius 2 is 1.66 bits per heavy atom. The predicted octanol–water partition coefficient (Wildman–Crippen LogP) is 4.00. The minimum Gasteiger partial charge on any atom is -0.497 e. The van der Waals surface area contributed by atoms with Crippen molar-refractivity contribution in [2.75, 3.05) is 7.11 Å². The molecule has 0 radical (unpaired) electrons. The fourth-order valence-electron chi connectivity index (χ4n) is 3.67. The van der Waals surface area contributed by atoms with Gasteiger partial charge in [-0.25, -0.2) is 4.79 Å². The number of carboxylic acids is 2. The second kappa shape index (κ2) is 8.09. The first-order valence-electron chi connectivity index (χ1n) is 9.29. The lowest BCUT2D eigenvalue weighted by Gasteiger charge is -2.40. The van der Waals surface area contributed by atoms with E-state index in [1.165, 1.54) is 0 Å². The SMILES string of the molecule is COc1ccc(C2=CC(OCc3ccccc3)(C(=O)O)CC(C)(C(=O)O)C2)cc1. The number of carboxylic acid groups (broad SMARTS) is 2. The summed E-state index contributed by atoms with van der Waals surface area (Å²) in [5, 5.41) is 19.9. The van der Waals surface area contributed by atoms with Crippen molar-refractivity contribution >= 4 is 17.5 Å². The molecule has 1 aliphatic carbocycles. The highest BCUT2D eigenvalue weighted by atomic mass is 16.5. The molecule has 6 heteroatoms. The van der Waals surface area contributed by atoms with Crippen LogP contribution < -0.4 is 4.74 Å². The average Bonchev–Trinajstić information content (AvgIpc) is 2.72. The van der Waals surface area contributed by atoms with E-state index in [1.54, 1.807) is 44.4 Å². The van der Waals surface area contributed by atoms with Gasteiger partial charge in [-0.3, -0.25) is 4.79 Å². The predicted molar refractivity (Wildman–Crippen MR) is 108 cm³/mol. The monoisotopic (exact) mass is 396 g/mol. The molecule has 2 aromatic carbocycles. The van der Waals surface area contributed by atoms with Gasteiger partial charge in [-0.1, -0.05) is 42.5 Å². The number of rotatable bonds is 7. The summed E-state index contributed by atoms with van der Waals surface area (Å²) in [6.45, 7) is 1.63. The zero-order valence-corrected chi connectivity index (χ0v) is 16.4. The first kappa shape index (κ1) is 20.6. The van der Waals surface area contributed by atoms with Crippen molar-refractivity contribution in [3.05, 3.63) is 71.8 Å². The van der Waals surface area contributed by atoms with E-state index < -0.39 is 23.0 Å². The van der Waals surface area contributed by atoms with E-state index in [0.29, 0.717) is 11.3 Å². The highest BCUT2D eigenvalue weighted by molar-refractivity contribution is 5.89. The number of ether oxygens (including phenoxy) is 2. The molecule has 0 amide bonds. The van der Waals surface area contributed by atoms with Crippen LogP contribution in [-0.4, -0.2) is 34.9 Å². The highest BCUT2D eigenvalue weighted by Gasteiger charge is 2.51. The lowest BCUT2D eigenvalue weighted by Crippen LogP contribution is -2.49. The maximum atomic E-state index is 12.3. The van der Waals surface area contributed by atoms with Gasteiger partial charge in [-0.2, -0.15) is 0 Å². The topological polar surface area (TPSA) is 93.1 Å². The van der Waals surface area contributed by atoms with Gasteiger partial charge in [-0.05, 0) is 48.3 Å². The van der Waals surface area contributed by atoms with Crippen molar-refractivity contribution in [1.29, 1.82) is 0 Å². The van der Waals surface area contributed by atoms with Gasteiger partial charge < -0.3 is 19.7 Å². The van der Waals surface area contributed by atoms with Crippen LogP contribution in [0.1, 0.15) is 30.9 Å². The van der Waals surface area contributed by atoms with Crippen LogP contribution in [-0.2, 0) is 20.9 Å². The molecule has 0 heterocycles. The minimum absolute atomic E-state index is 0.0647. The Kier molecular flexibility index (Phi) is 5.75. The molecule has 0 saturated carbocycles. The molecule has 2 atom stereocenters. The number of allylic oxidation sites excluding steroid dienone is 1. The minimum atomic E-state index is -1.74. The number of carbonyl (C=O) groups is 2. The summed E-state index contributed by atoms with van der Waals surface area (Å²) in [6, 6.07) is 16.3. The molecule has 0 saturated heterocycles. The molecule has 0 spiro atoms. The summed E-state index contributed by atoms with van der Waals surface area (Å²) in [5.41, 5.74) is -0.837. The zero-order chi connectivity index (χ0) is 21.1. The van der Waals surface area contributed by atoms with Crippen molar-refractivity contribution in [3.63, 3.8) is 0 Å². The summed E-state index contributed by atoms with van der Waals surface area (Å²) in [7, 11) is 1.56. The molecule has 29 heavy (non-hydrogen) atoms. The molecular formula is C23H24O6. The molecule has 0 aliphatic heterocycles. The Morgan fingerprint density at radius 1 is 1.00 bits per heavy atom. The first-order chi connectivity index (χ1) is 13.8. The Labute approximate surface area is 169 Å². The lowest BCUT2D eigenvalue weighted by atomic mass is 9.68. The van der Waals surface area contributed by atoms with E-state index in [2.05, 4.69) is 0 Å². The molecule has 0 aromatic heterocycles. The molecule has 3 rings (SSSR count). The van der Waals surface area contributed by atoms with Gasteiger partial charge in [0.25, 0.3) is 0 Å². The third kappa shape index (κ3) is 4.32. The smallest absolute Gasteiger partial charge is 0.340 e. The van der Waals surface area contributed by atoms with Gasteiger partial charge in [0.1, 0.15) is 5.75 Å². The number of hydrogen-bond acceptors (Lipinski definition) is 4. The molecule has 0 fully saturated rings. The van der Waals surface area contributed by atoms with Gasteiger partial charge in [0, 0.05) is 6.42 Å². The van der Waals surface area contributed by atoms with Crippen LogP contribution in [0.15, 0.2) is 60.7 Å². The van der Waals surface area contributed by atoms with Crippen molar-refractivity contribution in [3.8, 4) is 5.75 Å². The first-order valence-corrected chi connectivity index (χ1v) is 9.29. The van der Waals surface area contributed by atoms with E-state index >= 15 is 0 Å². The van der Waals surface area contributed by atoms with Gasteiger partial charge in [0.15, 0.2) is 5.60 Å². The third-order valence-electron chi connectivity index (χ3n) is 5.32. The fourth-order valence-corrected chi connectivity index (χ4v) is 3.67. The number of aliphatic carboxylic acids is 2.